The number of hydrogen-bond donors (Lipinski definition) is 2. The minimum atomic E-state index is -0.379. The lowest BCUT2D eigenvalue weighted by molar-refractivity contribution is 0.282. The van der Waals surface area contributed by atoms with Crippen LogP contribution in [0, 0.1) is 0 Å². The van der Waals surface area contributed by atoms with E-state index in [1.807, 2.05) is 12.1 Å². The third kappa shape index (κ3) is 4.70. The number of fused-ring (bicyclic) bond motifs is 1. The second-order valence-corrected chi connectivity index (χ2v) is 9.29. The first-order chi connectivity index (χ1) is 16.9. The highest BCUT2D eigenvalue weighted by atomic mass is 35.5. The molecule has 1 aliphatic heterocycles. The van der Waals surface area contributed by atoms with Crippen molar-refractivity contribution in [3.8, 4) is 5.69 Å². The predicted molar refractivity (Wildman–Crippen MR) is 141 cm³/mol. The molecule has 10 heteroatoms. The number of aliphatic hydroxyl groups is 1. The van der Waals surface area contributed by atoms with E-state index in [0.29, 0.717) is 32.8 Å². The number of benzene rings is 2. The molecule has 1 saturated heterocycles. The van der Waals surface area contributed by atoms with Crippen molar-refractivity contribution < 1.29 is 5.11 Å². The van der Waals surface area contributed by atoms with E-state index in [-0.39, 0.29) is 17.6 Å². The van der Waals surface area contributed by atoms with Crippen molar-refractivity contribution in [1.29, 1.82) is 0 Å². The molecule has 3 heterocycles. The molecule has 1 aliphatic rings. The van der Waals surface area contributed by atoms with Gasteiger partial charge in [0.2, 0.25) is 5.95 Å². The summed E-state index contributed by atoms with van der Waals surface area (Å²) in [6.07, 6.45) is 2.96. The van der Waals surface area contributed by atoms with Gasteiger partial charge in [-0.05, 0) is 43.4 Å². The van der Waals surface area contributed by atoms with Gasteiger partial charge in [0.15, 0.2) is 0 Å². The first kappa shape index (κ1) is 23.6. The largest absolute Gasteiger partial charge is 0.392 e. The van der Waals surface area contributed by atoms with E-state index in [9.17, 15) is 9.90 Å². The summed E-state index contributed by atoms with van der Waals surface area (Å²) in [6, 6.07) is 13.1. The molecule has 1 fully saturated rings. The van der Waals surface area contributed by atoms with Crippen molar-refractivity contribution >= 4 is 51.4 Å². The summed E-state index contributed by atoms with van der Waals surface area (Å²) < 4.78 is 1.33. The summed E-state index contributed by atoms with van der Waals surface area (Å²) in [5.41, 5.74) is 2.78. The van der Waals surface area contributed by atoms with Gasteiger partial charge < -0.3 is 20.2 Å². The number of pyridine rings is 1. The molecule has 2 aromatic heterocycles. The van der Waals surface area contributed by atoms with Crippen LogP contribution in [0.4, 0.5) is 17.3 Å². The molecule has 0 radical (unpaired) electrons. The van der Waals surface area contributed by atoms with Crippen LogP contribution in [0.2, 0.25) is 10.0 Å². The number of rotatable bonds is 5. The van der Waals surface area contributed by atoms with Crippen LogP contribution in [-0.2, 0) is 6.61 Å². The number of anilines is 3. The summed E-state index contributed by atoms with van der Waals surface area (Å²) in [5.74, 6) is 0.326. The summed E-state index contributed by atoms with van der Waals surface area (Å²) >= 11 is 12.6. The van der Waals surface area contributed by atoms with Gasteiger partial charge in [0.05, 0.1) is 33.2 Å². The zero-order chi connectivity index (χ0) is 24.5. The van der Waals surface area contributed by atoms with Gasteiger partial charge in [-0.1, -0.05) is 29.3 Å². The van der Waals surface area contributed by atoms with Crippen LogP contribution < -0.4 is 15.8 Å². The van der Waals surface area contributed by atoms with Crippen molar-refractivity contribution in [1.82, 2.24) is 19.4 Å². The molecule has 0 atom stereocenters. The molecule has 2 N–H and O–H groups in total. The average Bonchev–Trinajstić information content (AvgIpc) is 2.86. The van der Waals surface area contributed by atoms with Crippen LogP contribution in [-0.4, -0.2) is 57.8 Å². The molecular weight excluding hydrogens is 487 g/mol. The molecule has 4 aromatic rings. The first-order valence-electron chi connectivity index (χ1n) is 11.2. The second kappa shape index (κ2) is 9.83. The maximum absolute atomic E-state index is 13.2. The fraction of sp³-hybridized carbons (Fsp3) is 0.240. The lowest BCUT2D eigenvalue weighted by Crippen LogP contribution is -2.44. The predicted octanol–water partition coefficient (Wildman–Crippen LogP) is 4.08. The number of piperazine rings is 1. The molecule has 0 bridgehead atoms. The third-order valence-corrected chi connectivity index (χ3v) is 6.78. The lowest BCUT2D eigenvalue weighted by atomic mass is 10.2. The highest BCUT2D eigenvalue weighted by Crippen LogP contribution is 2.29. The Balaban J connectivity index is 1.45. The number of nitrogens with zero attached hydrogens (tertiary/aromatic N) is 5. The van der Waals surface area contributed by atoms with Crippen LogP contribution in [0.3, 0.4) is 0 Å². The monoisotopic (exact) mass is 510 g/mol. The Morgan fingerprint density at radius 3 is 2.37 bits per heavy atom. The van der Waals surface area contributed by atoms with Crippen LogP contribution in [0.1, 0.15) is 5.56 Å². The molecule has 0 amide bonds. The fourth-order valence-corrected chi connectivity index (χ4v) is 4.78. The van der Waals surface area contributed by atoms with Gasteiger partial charge in [-0.15, -0.1) is 0 Å². The quantitative estimate of drug-likeness (QED) is 0.418. The van der Waals surface area contributed by atoms with Gasteiger partial charge in [0.1, 0.15) is 0 Å². The molecule has 8 nitrogen and oxygen atoms in total. The van der Waals surface area contributed by atoms with Crippen molar-refractivity contribution in [2.45, 2.75) is 6.61 Å². The van der Waals surface area contributed by atoms with Crippen LogP contribution >= 0.6 is 23.2 Å². The lowest BCUT2D eigenvalue weighted by Gasteiger charge is -2.34. The van der Waals surface area contributed by atoms with Crippen molar-refractivity contribution in [2.75, 3.05) is 43.4 Å². The highest BCUT2D eigenvalue weighted by Gasteiger charge is 2.17. The summed E-state index contributed by atoms with van der Waals surface area (Å²) in [7, 11) is 2.14. The Hall–Kier alpha value is -3.17. The van der Waals surface area contributed by atoms with Crippen LogP contribution in [0.5, 0.6) is 0 Å². The third-order valence-electron chi connectivity index (χ3n) is 6.17. The number of aliphatic hydroxyl groups excluding tert-OH is 1. The average molecular weight is 511 g/mol. The molecule has 5 rings (SSSR count). The maximum atomic E-state index is 13.2. The Kier molecular flexibility index (Phi) is 6.62. The molecule has 0 unspecified atom stereocenters. The van der Waals surface area contributed by atoms with Gasteiger partial charge in [0.25, 0.3) is 5.56 Å². The highest BCUT2D eigenvalue weighted by molar-refractivity contribution is 6.37. The normalized spacial score (nSPS) is 14.5. The van der Waals surface area contributed by atoms with Crippen molar-refractivity contribution in [3.05, 3.63) is 80.8 Å². The van der Waals surface area contributed by atoms with Gasteiger partial charge in [-0.3, -0.25) is 9.36 Å². The number of aromatic nitrogens is 3. The van der Waals surface area contributed by atoms with E-state index in [1.54, 1.807) is 18.2 Å². The summed E-state index contributed by atoms with van der Waals surface area (Å²) in [5, 5.41) is 14.1. The van der Waals surface area contributed by atoms with E-state index < -0.39 is 0 Å². The molecule has 35 heavy (non-hydrogen) atoms. The number of halogens is 2. The molecule has 0 spiro atoms. The summed E-state index contributed by atoms with van der Waals surface area (Å²) in [4.78, 5) is 26.8. The van der Waals surface area contributed by atoms with Crippen LogP contribution in [0.15, 0.2) is 59.7 Å². The molecule has 0 saturated carbocycles. The van der Waals surface area contributed by atoms with E-state index >= 15 is 0 Å². The minimum absolute atomic E-state index is 0.253. The summed E-state index contributed by atoms with van der Waals surface area (Å²) in [6.45, 7) is 3.76. The Bertz CT molecular complexity index is 1410. The van der Waals surface area contributed by atoms with Gasteiger partial charge in [-0.25, -0.2) is 9.97 Å². The maximum Gasteiger partial charge on any atom is 0.266 e. The number of para-hydroxylation sites is 1. The van der Waals surface area contributed by atoms with E-state index in [1.165, 1.54) is 22.6 Å². The number of hydrogen-bond acceptors (Lipinski definition) is 7. The Morgan fingerprint density at radius 1 is 1.03 bits per heavy atom. The first-order valence-corrected chi connectivity index (χ1v) is 12.0. The zero-order valence-corrected chi connectivity index (χ0v) is 20.6. The number of nitrogens with one attached hydrogen (secondary N) is 1. The zero-order valence-electron chi connectivity index (χ0n) is 19.1. The Labute approximate surface area is 212 Å². The number of likely N-dealkylation sites (N-methyl/N-ethyl adjacent to an activating group) is 1. The molecule has 2 aromatic carbocycles. The van der Waals surface area contributed by atoms with Gasteiger partial charge >= 0.3 is 0 Å². The SMILES string of the molecule is CN1CCN(c2ccc(Nc3ncc4c(=O)n(-c5c(Cl)cccc5Cl)cc(CO)c4n3)cc2)CC1. The fourth-order valence-electron chi connectivity index (χ4n) is 4.20. The van der Waals surface area contributed by atoms with Crippen molar-refractivity contribution in [2.24, 2.45) is 0 Å². The standard InChI is InChI=1S/C25H24Cl2N6O2/c1-31-9-11-32(12-10-31)18-7-5-17(6-8-18)29-25-28-13-19-22(30-25)16(15-34)14-33(24(19)35)23-20(26)3-2-4-21(23)27/h2-8,13-14,34H,9-12,15H2,1H3,(H,28,29,30). The smallest absolute Gasteiger partial charge is 0.266 e. The minimum Gasteiger partial charge on any atom is -0.392 e. The van der Waals surface area contributed by atoms with E-state index in [4.69, 9.17) is 23.2 Å². The molecular formula is C25H24Cl2N6O2. The van der Waals surface area contributed by atoms with E-state index in [0.717, 1.165) is 31.9 Å². The Morgan fingerprint density at radius 2 is 1.71 bits per heavy atom. The van der Waals surface area contributed by atoms with Crippen molar-refractivity contribution in [3.63, 3.8) is 0 Å². The second-order valence-electron chi connectivity index (χ2n) is 8.48. The molecule has 0 aliphatic carbocycles. The van der Waals surface area contributed by atoms with E-state index in [2.05, 4.69) is 44.3 Å². The van der Waals surface area contributed by atoms with Gasteiger partial charge in [0, 0.05) is 55.5 Å². The van der Waals surface area contributed by atoms with Gasteiger partial charge in [-0.2, -0.15) is 0 Å². The molecule has 180 valence electrons. The van der Waals surface area contributed by atoms with Crippen LogP contribution in [0.25, 0.3) is 16.6 Å². The topological polar surface area (TPSA) is 86.5 Å².